The summed E-state index contributed by atoms with van der Waals surface area (Å²) in [7, 11) is 1.78. The standard InChI is InChI=1S/C14H16N2OS/c1-16(9-11-7-8-18-10-11)14(17)13(15)12-5-3-2-4-6-12/h2-8,10,13H,9,15H2,1H3/t13-/m1/s1. The zero-order valence-corrected chi connectivity index (χ0v) is 11.1. The number of rotatable bonds is 4. The molecular formula is C14H16N2OS. The number of thiophene rings is 1. The van der Waals surface area contributed by atoms with Crippen LogP contribution in [0, 0.1) is 0 Å². The monoisotopic (exact) mass is 260 g/mol. The highest BCUT2D eigenvalue weighted by Gasteiger charge is 2.19. The van der Waals surface area contributed by atoms with Crippen LogP contribution in [0.2, 0.25) is 0 Å². The van der Waals surface area contributed by atoms with Gasteiger partial charge in [-0.2, -0.15) is 11.3 Å². The van der Waals surface area contributed by atoms with Crippen molar-refractivity contribution in [1.29, 1.82) is 0 Å². The molecule has 1 aromatic heterocycles. The third-order valence-electron chi connectivity index (χ3n) is 2.80. The van der Waals surface area contributed by atoms with Crippen LogP contribution in [0.5, 0.6) is 0 Å². The fraction of sp³-hybridized carbons (Fsp3) is 0.214. The van der Waals surface area contributed by atoms with Crippen molar-refractivity contribution in [2.24, 2.45) is 5.73 Å². The van der Waals surface area contributed by atoms with E-state index in [9.17, 15) is 4.79 Å². The molecule has 2 aromatic rings. The van der Waals surface area contributed by atoms with Gasteiger partial charge >= 0.3 is 0 Å². The van der Waals surface area contributed by atoms with E-state index in [1.165, 1.54) is 0 Å². The predicted molar refractivity (Wildman–Crippen MR) is 74.2 cm³/mol. The van der Waals surface area contributed by atoms with Gasteiger partial charge in [0.2, 0.25) is 5.91 Å². The predicted octanol–water partition coefficient (Wildman–Crippen LogP) is 2.41. The van der Waals surface area contributed by atoms with Crippen molar-refractivity contribution in [3.63, 3.8) is 0 Å². The highest BCUT2D eigenvalue weighted by atomic mass is 32.1. The average molecular weight is 260 g/mol. The molecule has 0 saturated heterocycles. The lowest BCUT2D eigenvalue weighted by Gasteiger charge is -2.21. The molecule has 0 aliphatic carbocycles. The maximum Gasteiger partial charge on any atom is 0.244 e. The molecule has 1 atom stereocenters. The number of nitrogens with zero attached hydrogens (tertiary/aromatic N) is 1. The summed E-state index contributed by atoms with van der Waals surface area (Å²) in [6.45, 7) is 0.600. The van der Waals surface area contributed by atoms with Gasteiger partial charge in [-0.15, -0.1) is 0 Å². The van der Waals surface area contributed by atoms with E-state index in [1.54, 1.807) is 23.3 Å². The molecule has 0 spiro atoms. The Kier molecular flexibility index (Phi) is 4.12. The summed E-state index contributed by atoms with van der Waals surface area (Å²) in [5, 5.41) is 4.04. The summed E-state index contributed by atoms with van der Waals surface area (Å²) < 4.78 is 0. The van der Waals surface area contributed by atoms with Gasteiger partial charge in [-0.1, -0.05) is 30.3 Å². The maximum atomic E-state index is 12.2. The smallest absolute Gasteiger partial charge is 0.244 e. The van der Waals surface area contributed by atoms with Crippen molar-refractivity contribution >= 4 is 17.2 Å². The van der Waals surface area contributed by atoms with E-state index in [1.807, 2.05) is 47.2 Å². The molecule has 4 heteroatoms. The molecular weight excluding hydrogens is 244 g/mol. The first-order valence-corrected chi connectivity index (χ1v) is 6.69. The van der Waals surface area contributed by atoms with Crippen molar-refractivity contribution in [3.05, 3.63) is 58.3 Å². The molecule has 94 valence electrons. The Morgan fingerprint density at radius 2 is 2.06 bits per heavy atom. The van der Waals surface area contributed by atoms with Gasteiger partial charge in [-0.25, -0.2) is 0 Å². The number of carbonyl (C=O) groups is 1. The molecule has 0 saturated carbocycles. The fourth-order valence-electron chi connectivity index (χ4n) is 1.77. The average Bonchev–Trinajstić information content (AvgIpc) is 2.91. The summed E-state index contributed by atoms with van der Waals surface area (Å²) in [6, 6.07) is 10.9. The third kappa shape index (κ3) is 2.97. The molecule has 1 amide bonds. The van der Waals surface area contributed by atoms with Gasteiger partial charge < -0.3 is 10.6 Å². The topological polar surface area (TPSA) is 46.3 Å². The highest BCUT2D eigenvalue weighted by molar-refractivity contribution is 7.07. The summed E-state index contributed by atoms with van der Waals surface area (Å²) in [6.07, 6.45) is 0. The molecule has 0 aliphatic rings. The molecule has 0 fully saturated rings. The quantitative estimate of drug-likeness (QED) is 0.917. The van der Waals surface area contributed by atoms with Crippen LogP contribution in [0.25, 0.3) is 0 Å². The summed E-state index contributed by atoms with van der Waals surface area (Å²) in [5.74, 6) is -0.0626. The largest absolute Gasteiger partial charge is 0.340 e. The Morgan fingerprint density at radius 3 is 2.67 bits per heavy atom. The van der Waals surface area contributed by atoms with E-state index in [-0.39, 0.29) is 5.91 Å². The molecule has 0 unspecified atom stereocenters. The van der Waals surface area contributed by atoms with E-state index in [0.717, 1.165) is 11.1 Å². The van der Waals surface area contributed by atoms with Gasteiger partial charge in [0.05, 0.1) is 0 Å². The van der Waals surface area contributed by atoms with Crippen molar-refractivity contribution in [3.8, 4) is 0 Å². The fourth-order valence-corrected chi connectivity index (χ4v) is 2.43. The van der Waals surface area contributed by atoms with Crippen molar-refractivity contribution in [2.75, 3.05) is 7.05 Å². The lowest BCUT2D eigenvalue weighted by atomic mass is 10.1. The summed E-state index contributed by atoms with van der Waals surface area (Å²) in [4.78, 5) is 13.8. The van der Waals surface area contributed by atoms with Gasteiger partial charge in [-0.3, -0.25) is 4.79 Å². The Labute approximate surface area is 111 Å². The van der Waals surface area contributed by atoms with Crippen molar-refractivity contribution in [1.82, 2.24) is 4.90 Å². The van der Waals surface area contributed by atoms with Crippen LogP contribution in [0.1, 0.15) is 17.2 Å². The van der Waals surface area contributed by atoms with E-state index < -0.39 is 6.04 Å². The second-order valence-corrected chi connectivity index (χ2v) is 4.99. The van der Waals surface area contributed by atoms with Gasteiger partial charge in [0.15, 0.2) is 0 Å². The number of hydrogen-bond donors (Lipinski definition) is 1. The van der Waals surface area contributed by atoms with Crippen LogP contribution in [0.15, 0.2) is 47.2 Å². The normalized spacial score (nSPS) is 12.1. The number of amides is 1. The van der Waals surface area contributed by atoms with E-state index in [0.29, 0.717) is 6.54 Å². The van der Waals surface area contributed by atoms with Gasteiger partial charge in [0.1, 0.15) is 6.04 Å². The maximum absolute atomic E-state index is 12.2. The molecule has 3 nitrogen and oxygen atoms in total. The summed E-state index contributed by atoms with van der Waals surface area (Å²) in [5.41, 5.74) is 7.96. The van der Waals surface area contributed by atoms with Gasteiger partial charge in [0.25, 0.3) is 0 Å². The second kappa shape index (κ2) is 5.80. The molecule has 18 heavy (non-hydrogen) atoms. The third-order valence-corrected chi connectivity index (χ3v) is 3.53. The molecule has 1 aromatic carbocycles. The van der Waals surface area contributed by atoms with Crippen molar-refractivity contribution in [2.45, 2.75) is 12.6 Å². The molecule has 1 heterocycles. The Balaban J connectivity index is 2.02. The zero-order valence-electron chi connectivity index (χ0n) is 10.2. The molecule has 0 aliphatic heterocycles. The first-order chi connectivity index (χ1) is 8.68. The number of hydrogen-bond acceptors (Lipinski definition) is 3. The minimum absolute atomic E-state index is 0.0626. The van der Waals surface area contributed by atoms with Crippen LogP contribution < -0.4 is 5.73 Å². The lowest BCUT2D eigenvalue weighted by molar-refractivity contribution is -0.131. The molecule has 0 radical (unpaired) electrons. The number of benzene rings is 1. The number of likely N-dealkylation sites (N-methyl/N-ethyl adjacent to an activating group) is 1. The zero-order chi connectivity index (χ0) is 13.0. The molecule has 2 rings (SSSR count). The second-order valence-electron chi connectivity index (χ2n) is 4.21. The van der Waals surface area contributed by atoms with Crippen LogP contribution in [-0.2, 0) is 11.3 Å². The highest BCUT2D eigenvalue weighted by Crippen LogP contribution is 2.14. The van der Waals surface area contributed by atoms with Crippen LogP contribution in [-0.4, -0.2) is 17.9 Å². The Bertz CT molecular complexity index is 496. The molecule has 2 N–H and O–H groups in total. The van der Waals surface area contributed by atoms with E-state index in [2.05, 4.69) is 0 Å². The Morgan fingerprint density at radius 1 is 1.33 bits per heavy atom. The minimum atomic E-state index is -0.588. The minimum Gasteiger partial charge on any atom is -0.340 e. The Hall–Kier alpha value is -1.65. The van der Waals surface area contributed by atoms with Gasteiger partial charge in [0, 0.05) is 13.6 Å². The van der Waals surface area contributed by atoms with Crippen molar-refractivity contribution < 1.29 is 4.79 Å². The van der Waals surface area contributed by atoms with Gasteiger partial charge in [-0.05, 0) is 28.0 Å². The van der Waals surface area contributed by atoms with E-state index >= 15 is 0 Å². The van der Waals surface area contributed by atoms with E-state index in [4.69, 9.17) is 5.73 Å². The number of carbonyl (C=O) groups excluding carboxylic acids is 1. The van der Waals surface area contributed by atoms with Crippen LogP contribution in [0.4, 0.5) is 0 Å². The summed E-state index contributed by atoms with van der Waals surface area (Å²) >= 11 is 1.63. The van der Waals surface area contributed by atoms with Crippen LogP contribution >= 0.6 is 11.3 Å². The number of nitrogens with two attached hydrogens (primary N) is 1. The lowest BCUT2D eigenvalue weighted by Crippen LogP contribution is -2.35. The van der Waals surface area contributed by atoms with Crippen LogP contribution in [0.3, 0.4) is 0 Å². The first kappa shape index (κ1) is 12.8. The first-order valence-electron chi connectivity index (χ1n) is 5.75. The SMILES string of the molecule is CN(Cc1ccsc1)C(=O)[C@H](N)c1ccccc1. The molecule has 0 bridgehead atoms.